The number of thiocarbonyl (C=S) groups is 1. The van der Waals surface area contributed by atoms with Gasteiger partial charge in [0.15, 0.2) is 5.11 Å². The van der Waals surface area contributed by atoms with E-state index < -0.39 is 0 Å². The van der Waals surface area contributed by atoms with E-state index in [1.807, 2.05) is 4.90 Å². The van der Waals surface area contributed by atoms with Crippen LogP contribution in [0.3, 0.4) is 0 Å². The van der Waals surface area contributed by atoms with E-state index in [4.69, 9.17) is 23.8 Å². The lowest BCUT2D eigenvalue weighted by molar-refractivity contribution is 0.0755. The topological polar surface area (TPSA) is 61.4 Å². The van der Waals surface area contributed by atoms with Gasteiger partial charge in [0, 0.05) is 34.9 Å². The summed E-state index contributed by atoms with van der Waals surface area (Å²) in [4.78, 5) is 26.8. The maximum absolute atomic E-state index is 12.7. The monoisotopic (exact) mass is 417 g/mol. The molecular weight excluding hydrogens is 394 g/mol. The van der Waals surface area contributed by atoms with Crippen molar-refractivity contribution in [2.45, 2.75) is 26.7 Å². The fraction of sp³-hybridized carbons (Fsp3) is 0.286. The average Bonchev–Trinajstić information content (AvgIpc) is 2.67. The van der Waals surface area contributed by atoms with E-state index in [9.17, 15) is 9.59 Å². The number of hydrogen-bond acceptors (Lipinski definition) is 3. The third-order valence-corrected chi connectivity index (χ3v) is 4.43. The molecule has 5 nitrogen and oxygen atoms in total. The molecule has 28 heavy (non-hydrogen) atoms. The van der Waals surface area contributed by atoms with E-state index in [2.05, 4.69) is 24.5 Å². The van der Waals surface area contributed by atoms with Crippen LogP contribution in [-0.4, -0.2) is 34.9 Å². The Kier molecular flexibility index (Phi) is 8.42. The van der Waals surface area contributed by atoms with Gasteiger partial charge in [-0.3, -0.25) is 14.9 Å². The van der Waals surface area contributed by atoms with Crippen molar-refractivity contribution in [3.63, 3.8) is 0 Å². The predicted molar refractivity (Wildman–Crippen MR) is 118 cm³/mol. The number of hydrogen-bond donors (Lipinski definition) is 2. The first kappa shape index (κ1) is 21.9. The zero-order valence-corrected chi connectivity index (χ0v) is 17.6. The van der Waals surface area contributed by atoms with Crippen LogP contribution in [0.25, 0.3) is 0 Å². The summed E-state index contributed by atoms with van der Waals surface area (Å²) >= 11 is 11.0. The summed E-state index contributed by atoms with van der Waals surface area (Å²) in [6.07, 6.45) is 1.81. The molecule has 0 fully saturated rings. The molecule has 0 radical (unpaired) electrons. The summed E-state index contributed by atoms with van der Waals surface area (Å²) in [5, 5.41) is 6.28. The van der Waals surface area contributed by atoms with Gasteiger partial charge in [-0.1, -0.05) is 31.5 Å². The summed E-state index contributed by atoms with van der Waals surface area (Å²) in [6, 6.07) is 13.6. The molecule has 2 rings (SSSR count). The van der Waals surface area contributed by atoms with Gasteiger partial charge in [0.2, 0.25) is 0 Å². The molecule has 2 aromatic carbocycles. The summed E-state index contributed by atoms with van der Waals surface area (Å²) in [7, 11) is 0. The molecule has 7 heteroatoms. The summed E-state index contributed by atoms with van der Waals surface area (Å²) in [5.41, 5.74) is 1.67. The Hall–Kier alpha value is -2.44. The molecule has 2 aromatic rings. The second kappa shape index (κ2) is 10.8. The van der Waals surface area contributed by atoms with Gasteiger partial charge in [-0.05, 0) is 67.5 Å². The lowest BCUT2D eigenvalue weighted by atomic mass is 10.1. The molecule has 0 spiro atoms. The quantitative estimate of drug-likeness (QED) is 0.639. The zero-order valence-electron chi connectivity index (χ0n) is 16.0. The fourth-order valence-corrected chi connectivity index (χ4v) is 3.04. The number of nitrogens with zero attached hydrogens (tertiary/aromatic N) is 1. The van der Waals surface area contributed by atoms with E-state index in [1.165, 1.54) is 0 Å². The Morgan fingerprint density at radius 1 is 1.00 bits per heavy atom. The molecule has 0 unspecified atom stereocenters. The van der Waals surface area contributed by atoms with Gasteiger partial charge in [-0.15, -0.1) is 0 Å². The van der Waals surface area contributed by atoms with Crippen LogP contribution in [-0.2, 0) is 0 Å². The van der Waals surface area contributed by atoms with Crippen molar-refractivity contribution in [3.8, 4) is 0 Å². The Labute approximate surface area is 176 Å². The number of nitrogens with one attached hydrogen (secondary N) is 2. The Balaban J connectivity index is 2.03. The molecule has 0 bridgehead atoms. The van der Waals surface area contributed by atoms with Crippen molar-refractivity contribution >= 4 is 46.4 Å². The normalized spacial score (nSPS) is 10.2. The van der Waals surface area contributed by atoms with Crippen LogP contribution in [0.5, 0.6) is 0 Å². The van der Waals surface area contributed by atoms with E-state index in [1.54, 1.807) is 48.5 Å². The highest BCUT2D eigenvalue weighted by Gasteiger charge is 2.15. The van der Waals surface area contributed by atoms with Crippen LogP contribution >= 0.6 is 23.8 Å². The van der Waals surface area contributed by atoms with Gasteiger partial charge in [0.05, 0.1) is 0 Å². The first-order valence-corrected chi connectivity index (χ1v) is 10.0. The van der Waals surface area contributed by atoms with Crippen molar-refractivity contribution in [2.75, 3.05) is 18.4 Å². The molecule has 0 saturated heterocycles. The maximum Gasteiger partial charge on any atom is 0.257 e. The van der Waals surface area contributed by atoms with Gasteiger partial charge >= 0.3 is 0 Å². The van der Waals surface area contributed by atoms with Crippen molar-refractivity contribution in [3.05, 3.63) is 64.7 Å². The summed E-state index contributed by atoms with van der Waals surface area (Å²) < 4.78 is 0. The number of carbonyl (C=O) groups is 2. The highest BCUT2D eigenvalue weighted by atomic mass is 35.5. The standard InChI is InChI=1S/C21H24ClN3O2S/c1-3-12-25(13-4-2)20(27)16-6-5-7-18(14-16)23-21(28)24-19(26)15-8-10-17(22)11-9-15/h5-11,14H,3-4,12-13H2,1-2H3,(H2,23,24,26,28). The Morgan fingerprint density at radius 2 is 1.64 bits per heavy atom. The molecule has 148 valence electrons. The number of amides is 2. The first-order valence-electron chi connectivity index (χ1n) is 9.21. The minimum atomic E-state index is -0.335. The summed E-state index contributed by atoms with van der Waals surface area (Å²) in [6.45, 7) is 5.55. The molecule has 0 aliphatic heterocycles. The van der Waals surface area contributed by atoms with E-state index >= 15 is 0 Å². The van der Waals surface area contributed by atoms with Crippen LogP contribution in [0.2, 0.25) is 5.02 Å². The minimum absolute atomic E-state index is 0.0107. The SMILES string of the molecule is CCCN(CCC)C(=O)c1cccc(NC(=S)NC(=O)c2ccc(Cl)cc2)c1. The van der Waals surface area contributed by atoms with E-state index in [-0.39, 0.29) is 16.9 Å². The van der Waals surface area contributed by atoms with Gasteiger partial charge in [-0.2, -0.15) is 0 Å². The van der Waals surface area contributed by atoms with Crippen molar-refractivity contribution < 1.29 is 9.59 Å². The fourth-order valence-electron chi connectivity index (χ4n) is 2.71. The second-order valence-corrected chi connectivity index (χ2v) is 7.13. The number of anilines is 1. The number of halogens is 1. The smallest absolute Gasteiger partial charge is 0.257 e. The second-order valence-electron chi connectivity index (χ2n) is 6.29. The third kappa shape index (κ3) is 6.32. The van der Waals surface area contributed by atoms with Gasteiger partial charge < -0.3 is 10.2 Å². The Bertz CT molecular complexity index is 834. The Morgan fingerprint density at radius 3 is 2.25 bits per heavy atom. The molecule has 0 atom stereocenters. The molecule has 2 N–H and O–H groups in total. The van der Waals surface area contributed by atoms with Crippen LogP contribution < -0.4 is 10.6 Å². The number of rotatable bonds is 7. The van der Waals surface area contributed by atoms with E-state index in [0.717, 1.165) is 25.9 Å². The maximum atomic E-state index is 12.7. The first-order chi connectivity index (χ1) is 13.4. The van der Waals surface area contributed by atoms with Gasteiger partial charge in [0.1, 0.15) is 0 Å². The average molecular weight is 418 g/mol. The van der Waals surface area contributed by atoms with Crippen LogP contribution in [0.4, 0.5) is 5.69 Å². The van der Waals surface area contributed by atoms with Gasteiger partial charge in [-0.25, -0.2) is 0 Å². The number of benzene rings is 2. The van der Waals surface area contributed by atoms with Crippen LogP contribution in [0, 0.1) is 0 Å². The van der Waals surface area contributed by atoms with Crippen molar-refractivity contribution in [1.29, 1.82) is 0 Å². The van der Waals surface area contributed by atoms with Crippen LogP contribution in [0.1, 0.15) is 47.4 Å². The highest BCUT2D eigenvalue weighted by Crippen LogP contribution is 2.14. The zero-order chi connectivity index (χ0) is 20.5. The lowest BCUT2D eigenvalue weighted by Crippen LogP contribution is -2.34. The summed E-state index contributed by atoms with van der Waals surface area (Å²) in [5.74, 6) is -0.345. The molecule has 0 saturated carbocycles. The molecule has 0 aliphatic rings. The highest BCUT2D eigenvalue weighted by molar-refractivity contribution is 7.80. The largest absolute Gasteiger partial charge is 0.339 e. The molecular formula is C21H24ClN3O2S. The molecule has 0 aliphatic carbocycles. The molecule has 0 aromatic heterocycles. The third-order valence-electron chi connectivity index (χ3n) is 3.98. The molecule has 0 heterocycles. The van der Waals surface area contributed by atoms with Crippen LogP contribution in [0.15, 0.2) is 48.5 Å². The van der Waals surface area contributed by atoms with Gasteiger partial charge in [0.25, 0.3) is 11.8 Å². The lowest BCUT2D eigenvalue weighted by Gasteiger charge is -2.21. The number of carbonyl (C=O) groups excluding carboxylic acids is 2. The molecule has 2 amide bonds. The predicted octanol–water partition coefficient (Wildman–Crippen LogP) is 4.73. The van der Waals surface area contributed by atoms with E-state index in [0.29, 0.717) is 21.8 Å². The van der Waals surface area contributed by atoms with Crippen molar-refractivity contribution in [1.82, 2.24) is 10.2 Å². The van der Waals surface area contributed by atoms with Crippen molar-refractivity contribution in [2.24, 2.45) is 0 Å². The minimum Gasteiger partial charge on any atom is -0.339 e.